The Kier molecular flexibility index (Phi) is 5.68. The van der Waals surface area contributed by atoms with Gasteiger partial charge in [0, 0.05) is 25.3 Å². The van der Waals surface area contributed by atoms with E-state index in [0.29, 0.717) is 43.3 Å². The molecule has 0 saturated carbocycles. The number of carbonyl (C=O) groups is 1. The van der Waals surface area contributed by atoms with Crippen molar-refractivity contribution in [3.05, 3.63) is 17.7 Å². The molecule has 1 aromatic carbocycles. The van der Waals surface area contributed by atoms with E-state index in [1.165, 1.54) is 0 Å². The van der Waals surface area contributed by atoms with Crippen LogP contribution in [0.15, 0.2) is 12.1 Å². The number of methoxy groups -OCH3 is 3. The summed E-state index contributed by atoms with van der Waals surface area (Å²) in [6.45, 7) is 1.26. The Labute approximate surface area is 136 Å². The predicted octanol–water partition coefficient (Wildman–Crippen LogP) is 0.837. The molecule has 1 fully saturated rings. The van der Waals surface area contributed by atoms with Crippen LogP contribution in [0.2, 0.25) is 0 Å². The Bertz CT molecular complexity index is 530. The molecule has 0 aliphatic carbocycles. The second-order valence-electron chi connectivity index (χ2n) is 5.46. The van der Waals surface area contributed by atoms with E-state index in [2.05, 4.69) is 5.32 Å². The third-order valence-corrected chi connectivity index (χ3v) is 4.08. The zero-order valence-electron chi connectivity index (χ0n) is 13.8. The fourth-order valence-electron chi connectivity index (χ4n) is 2.56. The minimum Gasteiger partial charge on any atom is -0.496 e. The van der Waals surface area contributed by atoms with Gasteiger partial charge >= 0.3 is 0 Å². The van der Waals surface area contributed by atoms with Crippen molar-refractivity contribution in [2.45, 2.75) is 24.9 Å². The summed E-state index contributed by atoms with van der Waals surface area (Å²) in [5, 5.41) is 2.88. The van der Waals surface area contributed by atoms with Crippen LogP contribution in [0.1, 0.15) is 18.4 Å². The van der Waals surface area contributed by atoms with Crippen molar-refractivity contribution < 1.29 is 23.7 Å². The molecule has 0 atom stereocenters. The summed E-state index contributed by atoms with van der Waals surface area (Å²) in [6, 6.07) is 3.49. The van der Waals surface area contributed by atoms with Crippen LogP contribution < -0.4 is 25.3 Å². The number of hydrogen-bond acceptors (Lipinski definition) is 6. The first-order valence-electron chi connectivity index (χ1n) is 7.48. The van der Waals surface area contributed by atoms with Gasteiger partial charge in [-0.05, 0) is 12.8 Å². The second-order valence-corrected chi connectivity index (χ2v) is 5.46. The van der Waals surface area contributed by atoms with Crippen LogP contribution in [0.4, 0.5) is 0 Å². The summed E-state index contributed by atoms with van der Waals surface area (Å²) in [5.41, 5.74) is 6.03. The Morgan fingerprint density at radius 1 is 1.17 bits per heavy atom. The molecule has 128 valence electrons. The van der Waals surface area contributed by atoms with Crippen molar-refractivity contribution in [3.8, 4) is 17.2 Å². The SMILES string of the molecule is COc1cc(OC)c(CNC(=O)C2(N)CCOCC2)c(OC)c1. The summed E-state index contributed by atoms with van der Waals surface area (Å²) in [6.07, 6.45) is 1.02. The van der Waals surface area contributed by atoms with E-state index in [1.54, 1.807) is 33.5 Å². The molecule has 1 amide bonds. The van der Waals surface area contributed by atoms with E-state index >= 15 is 0 Å². The van der Waals surface area contributed by atoms with Gasteiger partial charge in [0.15, 0.2) is 0 Å². The summed E-state index contributed by atoms with van der Waals surface area (Å²) in [7, 11) is 4.68. The van der Waals surface area contributed by atoms with E-state index in [0.717, 1.165) is 5.56 Å². The maximum atomic E-state index is 12.4. The highest BCUT2D eigenvalue weighted by Crippen LogP contribution is 2.34. The first kappa shape index (κ1) is 17.4. The van der Waals surface area contributed by atoms with E-state index in [9.17, 15) is 4.79 Å². The van der Waals surface area contributed by atoms with Gasteiger partial charge in [-0.15, -0.1) is 0 Å². The van der Waals surface area contributed by atoms with Gasteiger partial charge in [0.25, 0.3) is 0 Å². The van der Waals surface area contributed by atoms with Crippen molar-refractivity contribution >= 4 is 5.91 Å². The average Bonchev–Trinajstić information content (AvgIpc) is 2.59. The number of carbonyl (C=O) groups excluding carboxylic acids is 1. The Morgan fingerprint density at radius 3 is 2.22 bits per heavy atom. The van der Waals surface area contributed by atoms with Crippen LogP contribution in [0.25, 0.3) is 0 Å². The van der Waals surface area contributed by atoms with Gasteiger partial charge in [-0.3, -0.25) is 4.79 Å². The van der Waals surface area contributed by atoms with Crippen molar-refractivity contribution in [1.82, 2.24) is 5.32 Å². The zero-order chi connectivity index (χ0) is 16.9. The van der Waals surface area contributed by atoms with Crippen molar-refractivity contribution in [3.63, 3.8) is 0 Å². The lowest BCUT2D eigenvalue weighted by Gasteiger charge is -2.31. The van der Waals surface area contributed by atoms with Crippen LogP contribution in [0.5, 0.6) is 17.2 Å². The number of hydrogen-bond donors (Lipinski definition) is 2. The monoisotopic (exact) mass is 324 g/mol. The molecule has 23 heavy (non-hydrogen) atoms. The van der Waals surface area contributed by atoms with Gasteiger partial charge in [-0.25, -0.2) is 0 Å². The molecular formula is C16H24N2O5. The molecule has 1 saturated heterocycles. The highest BCUT2D eigenvalue weighted by atomic mass is 16.5. The van der Waals surface area contributed by atoms with E-state index in [-0.39, 0.29) is 12.5 Å². The van der Waals surface area contributed by atoms with Gasteiger partial charge in [0.05, 0.1) is 39.0 Å². The lowest BCUT2D eigenvalue weighted by molar-refractivity contribution is -0.129. The van der Waals surface area contributed by atoms with Crippen LogP contribution in [0, 0.1) is 0 Å². The summed E-state index contributed by atoms with van der Waals surface area (Å²) >= 11 is 0. The molecule has 7 nitrogen and oxygen atoms in total. The second kappa shape index (κ2) is 7.52. The molecule has 0 bridgehead atoms. The van der Waals surface area contributed by atoms with Gasteiger partial charge in [0.1, 0.15) is 17.2 Å². The third kappa shape index (κ3) is 3.86. The van der Waals surface area contributed by atoms with Crippen LogP contribution in [-0.4, -0.2) is 46.0 Å². The highest BCUT2D eigenvalue weighted by Gasteiger charge is 2.35. The molecule has 1 aromatic rings. The van der Waals surface area contributed by atoms with Crippen LogP contribution >= 0.6 is 0 Å². The largest absolute Gasteiger partial charge is 0.496 e. The topological polar surface area (TPSA) is 92.0 Å². The quantitative estimate of drug-likeness (QED) is 0.805. The first-order chi connectivity index (χ1) is 11.0. The van der Waals surface area contributed by atoms with Crippen molar-refractivity contribution in [2.24, 2.45) is 5.73 Å². The molecule has 2 rings (SSSR count). The van der Waals surface area contributed by atoms with E-state index in [1.807, 2.05) is 0 Å². The summed E-state index contributed by atoms with van der Waals surface area (Å²) in [5.74, 6) is 1.59. The van der Waals surface area contributed by atoms with Gasteiger partial charge in [0.2, 0.25) is 5.91 Å². The van der Waals surface area contributed by atoms with Gasteiger partial charge in [-0.2, -0.15) is 0 Å². The molecule has 0 unspecified atom stereocenters. The fourth-order valence-corrected chi connectivity index (χ4v) is 2.56. The molecule has 0 spiro atoms. The Balaban J connectivity index is 2.14. The minimum atomic E-state index is -0.884. The molecule has 1 aliphatic rings. The molecule has 3 N–H and O–H groups in total. The number of nitrogens with two attached hydrogens (primary N) is 1. The number of rotatable bonds is 6. The standard InChI is InChI=1S/C16H24N2O5/c1-20-11-8-13(21-2)12(14(9-11)22-3)10-18-15(19)16(17)4-6-23-7-5-16/h8-9H,4-7,10,17H2,1-3H3,(H,18,19). The van der Waals surface area contributed by atoms with Crippen molar-refractivity contribution in [1.29, 1.82) is 0 Å². The molecule has 1 aliphatic heterocycles. The maximum absolute atomic E-state index is 12.4. The fraction of sp³-hybridized carbons (Fsp3) is 0.562. The van der Waals surface area contributed by atoms with E-state index in [4.69, 9.17) is 24.7 Å². The lowest BCUT2D eigenvalue weighted by atomic mass is 9.90. The first-order valence-corrected chi connectivity index (χ1v) is 7.48. The van der Waals surface area contributed by atoms with Gasteiger partial charge in [-0.1, -0.05) is 0 Å². The molecular weight excluding hydrogens is 300 g/mol. The number of ether oxygens (including phenoxy) is 4. The number of nitrogens with one attached hydrogen (secondary N) is 1. The van der Waals surface area contributed by atoms with Crippen LogP contribution in [-0.2, 0) is 16.1 Å². The third-order valence-electron chi connectivity index (χ3n) is 4.08. The number of benzene rings is 1. The summed E-state index contributed by atoms with van der Waals surface area (Å²) < 4.78 is 21.2. The zero-order valence-corrected chi connectivity index (χ0v) is 13.8. The average molecular weight is 324 g/mol. The van der Waals surface area contributed by atoms with Crippen LogP contribution in [0.3, 0.4) is 0 Å². The smallest absolute Gasteiger partial charge is 0.240 e. The van der Waals surface area contributed by atoms with Gasteiger partial charge < -0.3 is 30.0 Å². The maximum Gasteiger partial charge on any atom is 0.240 e. The Morgan fingerprint density at radius 2 is 1.74 bits per heavy atom. The normalized spacial score (nSPS) is 16.5. The molecule has 7 heteroatoms. The van der Waals surface area contributed by atoms with E-state index < -0.39 is 5.54 Å². The minimum absolute atomic E-state index is 0.194. The lowest BCUT2D eigenvalue weighted by Crippen LogP contribution is -2.56. The predicted molar refractivity (Wildman–Crippen MR) is 84.9 cm³/mol. The Hall–Kier alpha value is -1.99. The van der Waals surface area contributed by atoms with Crippen molar-refractivity contribution in [2.75, 3.05) is 34.5 Å². The molecule has 1 heterocycles. The highest BCUT2D eigenvalue weighted by molar-refractivity contribution is 5.86. The molecule has 0 aromatic heterocycles. The number of amides is 1. The summed E-state index contributed by atoms with van der Waals surface area (Å²) in [4.78, 5) is 12.4. The molecule has 0 radical (unpaired) electrons.